The molecule has 1 unspecified atom stereocenters. The third-order valence-corrected chi connectivity index (χ3v) is 3.84. The van der Waals surface area contributed by atoms with E-state index in [0.29, 0.717) is 0 Å². The van der Waals surface area contributed by atoms with E-state index in [9.17, 15) is 8.42 Å². The van der Waals surface area contributed by atoms with Gasteiger partial charge in [-0.1, -0.05) is 28.1 Å². The van der Waals surface area contributed by atoms with E-state index < -0.39 is 9.84 Å². The van der Waals surface area contributed by atoms with Gasteiger partial charge in [-0.05, 0) is 31.2 Å². The maximum atomic E-state index is 11.2. The van der Waals surface area contributed by atoms with Gasteiger partial charge in [-0.3, -0.25) is 0 Å². The van der Waals surface area contributed by atoms with Crippen LogP contribution in [0.3, 0.4) is 0 Å². The summed E-state index contributed by atoms with van der Waals surface area (Å²) in [5, 5.41) is 3.03. The molecule has 1 aromatic carbocycles. The molecule has 1 aromatic rings. The zero-order chi connectivity index (χ0) is 12.2. The lowest BCUT2D eigenvalue weighted by molar-refractivity contribution is 0.567. The average molecular weight is 306 g/mol. The quantitative estimate of drug-likeness (QED) is 0.899. The Hall–Kier alpha value is -0.390. The molecule has 0 aliphatic carbocycles. The molecule has 5 heteroatoms. The predicted molar refractivity (Wildman–Crippen MR) is 70.4 cm³/mol. The average Bonchev–Trinajstić information content (AvgIpc) is 2.18. The van der Waals surface area contributed by atoms with Crippen LogP contribution in [0.1, 0.15) is 5.56 Å². The van der Waals surface area contributed by atoms with Gasteiger partial charge in [0.05, 0.1) is 5.75 Å². The van der Waals surface area contributed by atoms with E-state index in [0.717, 1.165) is 16.5 Å². The summed E-state index contributed by atoms with van der Waals surface area (Å²) in [6.45, 7) is 0. The van der Waals surface area contributed by atoms with Crippen molar-refractivity contribution in [1.29, 1.82) is 0 Å². The lowest BCUT2D eigenvalue weighted by Gasteiger charge is -2.14. The number of rotatable bonds is 5. The van der Waals surface area contributed by atoms with E-state index in [-0.39, 0.29) is 11.8 Å². The highest BCUT2D eigenvalue weighted by Crippen LogP contribution is 2.12. The van der Waals surface area contributed by atoms with Crippen molar-refractivity contribution >= 4 is 25.8 Å². The third kappa shape index (κ3) is 5.09. The van der Waals surface area contributed by atoms with E-state index in [1.54, 1.807) is 7.05 Å². The van der Waals surface area contributed by atoms with Crippen LogP contribution < -0.4 is 5.32 Å². The van der Waals surface area contributed by atoms with Crippen molar-refractivity contribution in [3.8, 4) is 0 Å². The lowest BCUT2D eigenvalue weighted by atomic mass is 10.1. The van der Waals surface area contributed by atoms with Crippen LogP contribution in [0.4, 0.5) is 0 Å². The monoisotopic (exact) mass is 305 g/mol. The Morgan fingerprint density at radius 1 is 1.31 bits per heavy atom. The molecule has 90 valence electrons. The second-order valence-corrected chi connectivity index (χ2v) is 7.01. The summed E-state index contributed by atoms with van der Waals surface area (Å²) in [6.07, 6.45) is 1.98. The summed E-state index contributed by atoms with van der Waals surface area (Å²) in [6, 6.07) is 7.88. The third-order valence-electron chi connectivity index (χ3n) is 2.31. The van der Waals surface area contributed by atoms with E-state index in [1.807, 2.05) is 24.3 Å². The second-order valence-electron chi connectivity index (χ2n) is 3.91. The van der Waals surface area contributed by atoms with E-state index >= 15 is 0 Å². The molecule has 1 N–H and O–H groups in total. The lowest BCUT2D eigenvalue weighted by Crippen LogP contribution is -2.34. The Morgan fingerprint density at radius 2 is 1.88 bits per heavy atom. The number of benzene rings is 1. The van der Waals surface area contributed by atoms with E-state index in [2.05, 4.69) is 21.2 Å². The highest BCUT2D eigenvalue weighted by molar-refractivity contribution is 9.10. The topological polar surface area (TPSA) is 46.2 Å². The number of sulfone groups is 1. The number of halogens is 1. The van der Waals surface area contributed by atoms with Gasteiger partial charge >= 0.3 is 0 Å². The highest BCUT2D eigenvalue weighted by Gasteiger charge is 2.13. The summed E-state index contributed by atoms with van der Waals surface area (Å²) >= 11 is 3.37. The van der Waals surface area contributed by atoms with Gasteiger partial charge < -0.3 is 5.32 Å². The largest absolute Gasteiger partial charge is 0.316 e. The molecule has 0 saturated carbocycles. The first-order valence-corrected chi connectivity index (χ1v) is 7.85. The summed E-state index contributed by atoms with van der Waals surface area (Å²) < 4.78 is 23.4. The second kappa shape index (κ2) is 5.80. The van der Waals surface area contributed by atoms with Crippen LogP contribution in [0.15, 0.2) is 28.7 Å². The Kier molecular flexibility index (Phi) is 4.95. The van der Waals surface area contributed by atoms with Crippen molar-refractivity contribution in [2.24, 2.45) is 0 Å². The van der Waals surface area contributed by atoms with E-state index in [4.69, 9.17) is 0 Å². The van der Waals surface area contributed by atoms with Crippen LogP contribution in [0.25, 0.3) is 0 Å². The molecule has 16 heavy (non-hydrogen) atoms. The SMILES string of the molecule is CNC(Cc1ccc(Br)cc1)CS(C)(=O)=O. The fourth-order valence-corrected chi connectivity index (χ4v) is 2.79. The Labute approximate surface area is 105 Å². The molecule has 0 bridgehead atoms. The molecule has 0 saturated heterocycles. The number of hydrogen-bond donors (Lipinski definition) is 1. The predicted octanol–water partition coefficient (Wildman–Crippen LogP) is 1.62. The summed E-state index contributed by atoms with van der Waals surface area (Å²) in [7, 11) is -1.15. The number of nitrogens with one attached hydrogen (secondary N) is 1. The van der Waals surface area contributed by atoms with Gasteiger partial charge in [0.25, 0.3) is 0 Å². The summed E-state index contributed by atoms with van der Waals surface area (Å²) in [4.78, 5) is 0. The van der Waals surface area contributed by atoms with Crippen molar-refractivity contribution in [2.75, 3.05) is 19.1 Å². The Morgan fingerprint density at radius 3 is 2.31 bits per heavy atom. The van der Waals surface area contributed by atoms with Crippen molar-refractivity contribution < 1.29 is 8.42 Å². The van der Waals surface area contributed by atoms with Crippen LogP contribution in [-0.2, 0) is 16.3 Å². The van der Waals surface area contributed by atoms with Crippen LogP contribution in [0, 0.1) is 0 Å². The molecule has 1 rings (SSSR count). The first-order valence-electron chi connectivity index (χ1n) is 5.00. The van der Waals surface area contributed by atoms with Gasteiger partial charge in [-0.15, -0.1) is 0 Å². The molecule has 0 fully saturated rings. The molecule has 0 heterocycles. The zero-order valence-electron chi connectivity index (χ0n) is 9.40. The minimum atomic E-state index is -2.94. The van der Waals surface area contributed by atoms with Crippen molar-refractivity contribution in [3.05, 3.63) is 34.3 Å². The maximum Gasteiger partial charge on any atom is 0.148 e. The molecule has 0 spiro atoms. The normalized spacial score (nSPS) is 13.7. The van der Waals surface area contributed by atoms with Gasteiger partial charge in [0.1, 0.15) is 9.84 Å². The Bertz CT molecular complexity index is 428. The number of hydrogen-bond acceptors (Lipinski definition) is 3. The maximum absolute atomic E-state index is 11.2. The minimum Gasteiger partial charge on any atom is -0.316 e. The van der Waals surface area contributed by atoms with E-state index in [1.165, 1.54) is 6.26 Å². The molecule has 0 radical (unpaired) electrons. The first-order chi connectivity index (χ1) is 7.40. The van der Waals surface area contributed by atoms with Crippen LogP contribution in [-0.4, -0.2) is 33.5 Å². The summed E-state index contributed by atoms with van der Waals surface area (Å²) in [5.41, 5.74) is 1.13. The molecule has 1 atom stereocenters. The van der Waals surface area contributed by atoms with Gasteiger partial charge in [-0.25, -0.2) is 8.42 Å². The molecule has 0 aliphatic heterocycles. The molecular weight excluding hydrogens is 290 g/mol. The van der Waals surface area contributed by atoms with Gasteiger partial charge in [0.2, 0.25) is 0 Å². The van der Waals surface area contributed by atoms with Crippen LogP contribution in [0.5, 0.6) is 0 Å². The van der Waals surface area contributed by atoms with Gasteiger partial charge in [0.15, 0.2) is 0 Å². The van der Waals surface area contributed by atoms with Crippen LogP contribution >= 0.6 is 15.9 Å². The van der Waals surface area contributed by atoms with Gasteiger partial charge in [-0.2, -0.15) is 0 Å². The number of likely N-dealkylation sites (N-methyl/N-ethyl adjacent to an activating group) is 1. The van der Waals surface area contributed by atoms with Crippen molar-refractivity contribution in [1.82, 2.24) is 5.32 Å². The Balaban J connectivity index is 2.67. The smallest absolute Gasteiger partial charge is 0.148 e. The van der Waals surface area contributed by atoms with Crippen LogP contribution in [0.2, 0.25) is 0 Å². The molecule has 0 aromatic heterocycles. The van der Waals surface area contributed by atoms with Crippen molar-refractivity contribution in [3.63, 3.8) is 0 Å². The fourth-order valence-electron chi connectivity index (χ4n) is 1.51. The molecular formula is C11H16BrNO2S. The minimum absolute atomic E-state index is 0.0313. The summed E-state index contributed by atoms with van der Waals surface area (Å²) in [5.74, 6) is 0.166. The van der Waals surface area contributed by atoms with Crippen molar-refractivity contribution in [2.45, 2.75) is 12.5 Å². The fraction of sp³-hybridized carbons (Fsp3) is 0.455. The van der Waals surface area contributed by atoms with Gasteiger partial charge in [0, 0.05) is 16.8 Å². The standard InChI is InChI=1S/C11H16BrNO2S/c1-13-11(8-16(2,14)15)7-9-3-5-10(12)6-4-9/h3-6,11,13H,7-8H2,1-2H3. The molecule has 0 amide bonds. The molecule has 0 aliphatic rings. The zero-order valence-corrected chi connectivity index (χ0v) is 11.8. The first kappa shape index (κ1) is 13.7. The highest BCUT2D eigenvalue weighted by atomic mass is 79.9. The molecule has 3 nitrogen and oxygen atoms in total.